The van der Waals surface area contributed by atoms with Gasteiger partial charge in [0, 0.05) is 0 Å². The Balaban J connectivity index is 1.45. The lowest BCUT2D eigenvalue weighted by Gasteiger charge is -2.19. The van der Waals surface area contributed by atoms with Gasteiger partial charge in [-0.1, -0.05) is 18.2 Å². The van der Waals surface area contributed by atoms with Crippen molar-refractivity contribution in [1.29, 1.82) is 0 Å². The monoisotopic (exact) mass is 308 g/mol. The molecular formula is C16H20O6. The molecule has 0 aliphatic carbocycles. The van der Waals surface area contributed by atoms with Crippen molar-refractivity contribution in [2.45, 2.75) is 38.1 Å². The molecule has 0 amide bonds. The van der Waals surface area contributed by atoms with Crippen molar-refractivity contribution in [2.75, 3.05) is 19.8 Å². The molecule has 2 heterocycles. The zero-order chi connectivity index (χ0) is 15.6. The van der Waals surface area contributed by atoms with Crippen molar-refractivity contribution in [3.63, 3.8) is 0 Å². The van der Waals surface area contributed by atoms with Gasteiger partial charge in [0.1, 0.15) is 18.8 Å². The van der Waals surface area contributed by atoms with Crippen LogP contribution in [0.25, 0.3) is 0 Å². The van der Waals surface area contributed by atoms with E-state index in [2.05, 4.69) is 0 Å². The van der Waals surface area contributed by atoms with Gasteiger partial charge in [0.2, 0.25) is 0 Å². The molecule has 0 spiro atoms. The van der Waals surface area contributed by atoms with Crippen LogP contribution in [0.15, 0.2) is 30.3 Å². The maximum Gasteiger partial charge on any atom is 0.338 e. The molecule has 1 aromatic carbocycles. The molecule has 22 heavy (non-hydrogen) atoms. The Hall–Kier alpha value is -1.47. The largest absolute Gasteiger partial charge is 0.457 e. The van der Waals surface area contributed by atoms with Gasteiger partial charge in [0.25, 0.3) is 0 Å². The summed E-state index contributed by atoms with van der Waals surface area (Å²) in [5.41, 5.74) is 0.506. The number of hydrogen-bond acceptors (Lipinski definition) is 6. The van der Waals surface area contributed by atoms with E-state index >= 15 is 0 Å². The van der Waals surface area contributed by atoms with Crippen LogP contribution in [-0.4, -0.2) is 50.1 Å². The Morgan fingerprint density at radius 3 is 2.68 bits per heavy atom. The fourth-order valence-electron chi connectivity index (χ4n) is 2.46. The van der Waals surface area contributed by atoms with Crippen LogP contribution in [0.2, 0.25) is 0 Å². The number of rotatable bonds is 4. The topological polar surface area (TPSA) is 63.2 Å². The summed E-state index contributed by atoms with van der Waals surface area (Å²) in [4.78, 5) is 11.8. The zero-order valence-corrected chi connectivity index (χ0v) is 12.7. The van der Waals surface area contributed by atoms with Crippen LogP contribution in [0.1, 0.15) is 24.2 Å². The smallest absolute Gasteiger partial charge is 0.338 e. The highest BCUT2D eigenvalue weighted by atomic mass is 16.8. The summed E-state index contributed by atoms with van der Waals surface area (Å²) in [7, 11) is 0. The summed E-state index contributed by atoms with van der Waals surface area (Å²) >= 11 is 0. The molecule has 0 aromatic heterocycles. The summed E-state index contributed by atoms with van der Waals surface area (Å²) in [6.45, 7) is 4.65. The average molecular weight is 308 g/mol. The molecule has 3 rings (SSSR count). The Kier molecular flexibility index (Phi) is 4.44. The molecule has 2 fully saturated rings. The zero-order valence-electron chi connectivity index (χ0n) is 12.7. The van der Waals surface area contributed by atoms with Gasteiger partial charge >= 0.3 is 5.97 Å². The van der Waals surface area contributed by atoms with Crippen molar-refractivity contribution in [1.82, 2.24) is 0 Å². The van der Waals surface area contributed by atoms with Gasteiger partial charge < -0.3 is 23.7 Å². The van der Waals surface area contributed by atoms with Crippen LogP contribution in [0.3, 0.4) is 0 Å². The van der Waals surface area contributed by atoms with Gasteiger partial charge in [0.15, 0.2) is 12.1 Å². The second-order valence-electron chi connectivity index (χ2n) is 5.77. The molecular weight excluding hydrogens is 288 g/mol. The molecule has 2 aliphatic heterocycles. The first-order chi connectivity index (χ1) is 10.5. The maximum absolute atomic E-state index is 11.8. The molecule has 2 saturated heterocycles. The number of hydrogen-bond donors (Lipinski definition) is 0. The number of benzene rings is 1. The van der Waals surface area contributed by atoms with E-state index in [1.54, 1.807) is 24.3 Å². The lowest BCUT2D eigenvalue weighted by atomic mass is 10.2. The lowest BCUT2D eigenvalue weighted by molar-refractivity contribution is -0.159. The molecule has 2 aliphatic rings. The highest BCUT2D eigenvalue weighted by molar-refractivity contribution is 5.89. The van der Waals surface area contributed by atoms with Gasteiger partial charge in [-0.2, -0.15) is 0 Å². The van der Waals surface area contributed by atoms with Crippen LogP contribution < -0.4 is 0 Å². The lowest BCUT2D eigenvalue weighted by Crippen LogP contribution is -2.33. The first kappa shape index (κ1) is 15.4. The summed E-state index contributed by atoms with van der Waals surface area (Å²) in [5.74, 6) is -0.982. The number of ether oxygens (including phenoxy) is 5. The maximum atomic E-state index is 11.8. The van der Waals surface area contributed by atoms with E-state index in [1.807, 2.05) is 19.9 Å². The molecule has 6 heteroatoms. The van der Waals surface area contributed by atoms with E-state index in [0.717, 1.165) is 0 Å². The number of esters is 1. The molecule has 3 atom stereocenters. The molecule has 0 saturated carbocycles. The van der Waals surface area contributed by atoms with E-state index < -0.39 is 18.0 Å². The molecule has 0 N–H and O–H groups in total. The second-order valence-corrected chi connectivity index (χ2v) is 5.77. The molecule has 0 radical (unpaired) electrons. The van der Waals surface area contributed by atoms with Crippen molar-refractivity contribution >= 4 is 5.97 Å². The minimum atomic E-state index is -0.591. The van der Waals surface area contributed by atoms with E-state index in [-0.39, 0.29) is 18.8 Å². The Labute approximate surface area is 129 Å². The predicted octanol–water partition coefficient (Wildman–Crippen LogP) is 1.74. The van der Waals surface area contributed by atoms with Crippen LogP contribution in [0.4, 0.5) is 0 Å². The van der Waals surface area contributed by atoms with Crippen molar-refractivity contribution in [3.8, 4) is 0 Å². The van der Waals surface area contributed by atoms with E-state index in [4.69, 9.17) is 23.7 Å². The fourth-order valence-corrected chi connectivity index (χ4v) is 2.46. The minimum absolute atomic E-state index is 0.0567. The quantitative estimate of drug-likeness (QED) is 0.790. The normalized spacial score (nSPS) is 30.4. The van der Waals surface area contributed by atoms with Gasteiger partial charge in [-0.15, -0.1) is 0 Å². The second kappa shape index (κ2) is 6.34. The highest BCUT2D eigenvalue weighted by Crippen LogP contribution is 2.28. The third-order valence-electron chi connectivity index (χ3n) is 3.58. The summed E-state index contributed by atoms with van der Waals surface area (Å²) in [6.07, 6.45) is -0.933. The molecule has 3 unspecified atom stereocenters. The first-order valence-corrected chi connectivity index (χ1v) is 7.34. The van der Waals surface area contributed by atoms with E-state index in [1.165, 1.54) is 0 Å². The van der Waals surface area contributed by atoms with Gasteiger partial charge in [-0.05, 0) is 26.0 Å². The van der Waals surface area contributed by atoms with Crippen LogP contribution in [0.5, 0.6) is 0 Å². The fraction of sp³-hybridized carbons (Fsp3) is 0.562. The Morgan fingerprint density at radius 1 is 1.23 bits per heavy atom. The van der Waals surface area contributed by atoms with Crippen molar-refractivity contribution in [2.24, 2.45) is 0 Å². The van der Waals surface area contributed by atoms with Gasteiger partial charge in [-0.3, -0.25) is 0 Å². The number of carbonyl (C=O) groups excluding carboxylic acids is 1. The van der Waals surface area contributed by atoms with Gasteiger partial charge in [0.05, 0.1) is 18.8 Å². The summed E-state index contributed by atoms with van der Waals surface area (Å²) in [5, 5.41) is 0. The Bertz CT molecular complexity index is 515. The molecule has 0 bridgehead atoms. The standard InChI is InChI=1S/C16H20O6/c1-16(2)20-9-13(22-16)12-8-18-14(21-12)10-19-15(17)11-6-4-3-5-7-11/h3-7,12-14H,8-10H2,1-2H3. The van der Waals surface area contributed by atoms with Crippen molar-refractivity contribution < 1.29 is 28.5 Å². The Morgan fingerprint density at radius 2 is 2.00 bits per heavy atom. The van der Waals surface area contributed by atoms with Crippen LogP contribution in [0, 0.1) is 0 Å². The third-order valence-corrected chi connectivity index (χ3v) is 3.58. The first-order valence-electron chi connectivity index (χ1n) is 7.34. The molecule has 1 aromatic rings. The van der Waals surface area contributed by atoms with Gasteiger partial charge in [-0.25, -0.2) is 4.79 Å². The third kappa shape index (κ3) is 3.64. The predicted molar refractivity (Wildman–Crippen MR) is 76.2 cm³/mol. The molecule has 6 nitrogen and oxygen atoms in total. The van der Waals surface area contributed by atoms with E-state index in [9.17, 15) is 4.79 Å². The van der Waals surface area contributed by atoms with Crippen molar-refractivity contribution in [3.05, 3.63) is 35.9 Å². The minimum Gasteiger partial charge on any atom is -0.457 e. The summed E-state index contributed by atoms with van der Waals surface area (Å²) < 4.78 is 27.7. The molecule has 120 valence electrons. The van der Waals surface area contributed by atoms with E-state index in [0.29, 0.717) is 18.8 Å². The van der Waals surface area contributed by atoms with Crippen LogP contribution >= 0.6 is 0 Å². The average Bonchev–Trinajstić information content (AvgIpc) is 3.12. The van der Waals surface area contributed by atoms with Crippen LogP contribution in [-0.2, 0) is 23.7 Å². The number of carbonyl (C=O) groups is 1. The summed E-state index contributed by atoms with van der Waals surface area (Å²) in [6, 6.07) is 8.82. The highest BCUT2D eigenvalue weighted by Gasteiger charge is 2.42. The SMILES string of the molecule is CC1(C)OCC(C2COC(COC(=O)c3ccccc3)O2)O1.